The van der Waals surface area contributed by atoms with E-state index in [1.54, 1.807) is 24.9 Å². The van der Waals surface area contributed by atoms with Gasteiger partial charge in [-0.2, -0.15) is 5.10 Å². The van der Waals surface area contributed by atoms with Crippen LogP contribution >= 0.6 is 0 Å². The Morgan fingerprint density at radius 3 is 2.44 bits per heavy atom. The number of hydrogen-bond acceptors (Lipinski definition) is 4. The maximum Gasteiger partial charge on any atom is 0.323 e. The first-order valence-electron chi connectivity index (χ1n) is 5.39. The number of carboxylic acid groups (broad SMARTS) is 1. The molecule has 7 nitrogen and oxygen atoms in total. The zero-order chi connectivity index (χ0) is 14.1. The van der Waals surface area contributed by atoms with Gasteiger partial charge in [-0.05, 0) is 20.8 Å². The molecule has 0 aliphatic rings. The average Bonchev–Trinajstić information content (AvgIpc) is 2.57. The topological polar surface area (TPSA) is 101 Å². The molecule has 0 saturated heterocycles. The molecule has 1 heterocycles. The molecule has 2 N–H and O–H groups in total. The number of hydrogen-bond donors (Lipinski definition) is 2. The number of carbonyl (C=O) groups is 1. The number of aliphatic carboxylic acids is 1. The van der Waals surface area contributed by atoms with E-state index in [9.17, 15) is 13.2 Å². The van der Waals surface area contributed by atoms with Crippen molar-refractivity contribution in [2.24, 2.45) is 7.05 Å². The van der Waals surface area contributed by atoms with E-state index in [-0.39, 0.29) is 0 Å². The molecule has 8 heteroatoms. The largest absolute Gasteiger partial charge is 0.480 e. The van der Waals surface area contributed by atoms with Crippen LogP contribution in [0.2, 0.25) is 0 Å². The molecule has 1 aromatic heterocycles. The highest BCUT2D eigenvalue weighted by Crippen LogP contribution is 2.17. The fraction of sp³-hybridized carbons (Fsp3) is 0.600. The summed E-state index contributed by atoms with van der Waals surface area (Å²) in [4.78, 5) is 10.7. The standard InChI is InChI=1S/C10H17N3O4S/c1-6(9-5-11-13(4)7(9)2)12-18(16,17)8(3)10(14)15/h5-6,8,12H,1-4H3,(H,14,15). The van der Waals surface area contributed by atoms with Gasteiger partial charge in [0.25, 0.3) is 0 Å². The number of carboxylic acids is 1. The quantitative estimate of drug-likeness (QED) is 0.798. The second-order valence-electron chi connectivity index (χ2n) is 4.17. The van der Waals surface area contributed by atoms with Crippen molar-refractivity contribution in [1.29, 1.82) is 0 Å². The molecule has 0 aliphatic carbocycles. The lowest BCUT2D eigenvalue weighted by Crippen LogP contribution is -2.38. The minimum Gasteiger partial charge on any atom is -0.480 e. The van der Waals surface area contributed by atoms with Gasteiger partial charge in [0, 0.05) is 24.3 Å². The van der Waals surface area contributed by atoms with Crippen molar-refractivity contribution in [2.75, 3.05) is 0 Å². The lowest BCUT2D eigenvalue weighted by molar-refractivity contribution is -0.136. The van der Waals surface area contributed by atoms with Gasteiger partial charge in [-0.1, -0.05) is 0 Å². The fourth-order valence-electron chi connectivity index (χ4n) is 1.49. The molecular formula is C10H17N3O4S. The highest BCUT2D eigenvalue weighted by molar-refractivity contribution is 7.90. The molecule has 0 spiro atoms. The highest BCUT2D eigenvalue weighted by Gasteiger charge is 2.29. The highest BCUT2D eigenvalue weighted by atomic mass is 32.2. The normalized spacial score (nSPS) is 15.3. The third-order valence-corrected chi connectivity index (χ3v) is 4.71. The van der Waals surface area contributed by atoms with Crippen LogP contribution in [0.4, 0.5) is 0 Å². The van der Waals surface area contributed by atoms with Crippen LogP contribution in [-0.2, 0) is 21.9 Å². The number of sulfonamides is 1. The second kappa shape index (κ2) is 5.07. The summed E-state index contributed by atoms with van der Waals surface area (Å²) in [6, 6.07) is -0.523. The van der Waals surface area contributed by atoms with Gasteiger partial charge in [-0.25, -0.2) is 13.1 Å². The second-order valence-corrected chi connectivity index (χ2v) is 6.21. The van der Waals surface area contributed by atoms with Crippen LogP contribution in [0.5, 0.6) is 0 Å². The van der Waals surface area contributed by atoms with Gasteiger partial charge in [0.05, 0.1) is 6.20 Å². The van der Waals surface area contributed by atoms with E-state index in [4.69, 9.17) is 5.11 Å². The van der Waals surface area contributed by atoms with E-state index in [0.717, 1.165) is 18.2 Å². The van der Waals surface area contributed by atoms with Gasteiger partial charge in [0.2, 0.25) is 10.0 Å². The Bertz CT molecular complexity index is 549. The first kappa shape index (κ1) is 14.7. The van der Waals surface area contributed by atoms with Crippen molar-refractivity contribution < 1.29 is 18.3 Å². The molecule has 0 bridgehead atoms. The molecule has 0 radical (unpaired) electrons. The van der Waals surface area contributed by atoms with Crippen molar-refractivity contribution in [3.8, 4) is 0 Å². The van der Waals surface area contributed by atoms with Crippen LogP contribution in [0.3, 0.4) is 0 Å². The van der Waals surface area contributed by atoms with E-state index in [0.29, 0.717) is 0 Å². The predicted molar refractivity (Wildman–Crippen MR) is 65.5 cm³/mol. The zero-order valence-corrected chi connectivity index (χ0v) is 11.5. The lowest BCUT2D eigenvalue weighted by Gasteiger charge is -2.16. The molecule has 0 aliphatic heterocycles. The first-order chi connectivity index (χ1) is 8.16. The number of aromatic nitrogens is 2. The summed E-state index contributed by atoms with van der Waals surface area (Å²) < 4.78 is 27.5. The van der Waals surface area contributed by atoms with Gasteiger partial charge in [-0.15, -0.1) is 0 Å². The fourth-order valence-corrected chi connectivity index (χ4v) is 2.57. The van der Waals surface area contributed by atoms with Gasteiger partial charge >= 0.3 is 5.97 Å². The maximum atomic E-state index is 11.8. The van der Waals surface area contributed by atoms with E-state index in [2.05, 4.69) is 9.82 Å². The van der Waals surface area contributed by atoms with E-state index in [1.807, 2.05) is 6.92 Å². The molecule has 102 valence electrons. The van der Waals surface area contributed by atoms with Crippen LogP contribution in [0.1, 0.15) is 31.1 Å². The summed E-state index contributed by atoms with van der Waals surface area (Å²) in [6.45, 7) is 4.59. The molecule has 0 aromatic carbocycles. The molecule has 2 atom stereocenters. The molecule has 1 aromatic rings. The summed E-state index contributed by atoms with van der Waals surface area (Å²) in [5.74, 6) is -1.38. The molecule has 2 unspecified atom stereocenters. The number of aryl methyl sites for hydroxylation is 1. The summed E-state index contributed by atoms with van der Waals surface area (Å²) in [7, 11) is -2.15. The number of nitrogens with zero attached hydrogens (tertiary/aromatic N) is 2. The summed E-state index contributed by atoms with van der Waals surface area (Å²) >= 11 is 0. The van der Waals surface area contributed by atoms with Crippen molar-refractivity contribution in [2.45, 2.75) is 32.1 Å². The predicted octanol–water partition coefficient (Wildman–Crippen LogP) is 0.182. The first-order valence-corrected chi connectivity index (χ1v) is 6.94. The number of rotatable bonds is 5. The van der Waals surface area contributed by atoms with Crippen molar-refractivity contribution >= 4 is 16.0 Å². The third kappa shape index (κ3) is 2.88. The minimum absolute atomic E-state index is 0.523. The SMILES string of the molecule is Cc1c(C(C)NS(=O)(=O)C(C)C(=O)O)cnn1C. The maximum absolute atomic E-state index is 11.8. The Labute approximate surface area is 106 Å². The summed E-state index contributed by atoms with van der Waals surface area (Å²) in [6.07, 6.45) is 1.56. The molecule has 0 fully saturated rings. The summed E-state index contributed by atoms with van der Waals surface area (Å²) in [5.41, 5.74) is 1.55. The smallest absolute Gasteiger partial charge is 0.323 e. The molecule has 0 saturated carbocycles. The Hall–Kier alpha value is -1.41. The van der Waals surface area contributed by atoms with Gasteiger partial charge in [-0.3, -0.25) is 9.48 Å². The molecule has 0 amide bonds. The lowest BCUT2D eigenvalue weighted by atomic mass is 10.1. The van der Waals surface area contributed by atoms with E-state index in [1.165, 1.54) is 0 Å². The molecule has 18 heavy (non-hydrogen) atoms. The average molecular weight is 275 g/mol. The Morgan fingerprint density at radius 1 is 1.50 bits per heavy atom. The van der Waals surface area contributed by atoms with Gasteiger partial charge in [0.15, 0.2) is 5.25 Å². The minimum atomic E-state index is -3.90. The van der Waals surface area contributed by atoms with Crippen LogP contribution < -0.4 is 4.72 Å². The Balaban J connectivity index is 2.92. The molecule has 1 rings (SSSR count). The van der Waals surface area contributed by atoms with Crippen LogP contribution in [0, 0.1) is 6.92 Å². The summed E-state index contributed by atoms with van der Waals surface area (Å²) in [5, 5.41) is 11.2. The van der Waals surface area contributed by atoms with Gasteiger partial charge in [0.1, 0.15) is 0 Å². The van der Waals surface area contributed by atoms with Crippen LogP contribution in [-0.4, -0.2) is 34.5 Å². The van der Waals surface area contributed by atoms with Crippen molar-refractivity contribution in [3.63, 3.8) is 0 Å². The van der Waals surface area contributed by atoms with Crippen molar-refractivity contribution in [1.82, 2.24) is 14.5 Å². The van der Waals surface area contributed by atoms with E-state index >= 15 is 0 Å². The van der Waals surface area contributed by atoms with Crippen molar-refractivity contribution in [3.05, 3.63) is 17.5 Å². The van der Waals surface area contributed by atoms with Crippen LogP contribution in [0.25, 0.3) is 0 Å². The third-order valence-electron chi connectivity index (χ3n) is 2.89. The van der Waals surface area contributed by atoms with Gasteiger partial charge < -0.3 is 5.11 Å². The van der Waals surface area contributed by atoms with Crippen LogP contribution in [0.15, 0.2) is 6.20 Å². The monoisotopic (exact) mass is 275 g/mol. The molecular weight excluding hydrogens is 258 g/mol. The van der Waals surface area contributed by atoms with E-state index < -0.39 is 27.3 Å². The Kier molecular flexibility index (Phi) is 4.12. The number of nitrogens with one attached hydrogen (secondary N) is 1. The zero-order valence-electron chi connectivity index (χ0n) is 10.7. The Morgan fingerprint density at radius 2 is 2.06 bits per heavy atom.